The van der Waals surface area contributed by atoms with E-state index in [0.29, 0.717) is 0 Å². The van der Waals surface area contributed by atoms with Crippen molar-refractivity contribution in [3.05, 3.63) is 117 Å². The van der Waals surface area contributed by atoms with Crippen LogP contribution in [0.4, 0.5) is 11.4 Å². The van der Waals surface area contributed by atoms with E-state index in [4.69, 9.17) is 4.74 Å². The van der Waals surface area contributed by atoms with Crippen LogP contribution in [-0.4, -0.2) is 23.8 Å². The first-order chi connectivity index (χ1) is 18.3. The number of benzene rings is 3. The van der Waals surface area contributed by atoms with Crippen molar-refractivity contribution in [3.8, 4) is 5.75 Å². The van der Waals surface area contributed by atoms with E-state index in [1.165, 1.54) is 30.2 Å². The minimum absolute atomic E-state index is 0.122. The molecule has 2 aliphatic carbocycles. The number of amides is 2. The Balaban J connectivity index is 1.46. The molecule has 1 aliphatic heterocycles. The van der Waals surface area contributed by atoms with Gasteiger partial charge in [-0.3, -0.25) is 19.7 Å². The molecule has 6 rings (SSSR count). The molecule has 0 aromatic heterocycles. The van der Waals surface area contributed by atoms with E-state index < -0.39 is 16.8 Å². The SMILES string of the molecule is COc1cc([N+](=O)[O-])ccc1N1C(=O)[C@@H]2[C@H](C1=O)[C@H]1C=C[C@H]2C1=C(c1ccc(C)cc1)c1ccc(C)cc1. The maximum Gasteiger partial charge on any atom is 0.273 e. The van der Waals surface area contributed by atoms with Gasteiger partial charge in [0.2, 0.25) is 11.8 Å². The summed E-state index contributed by atoms with van der Waals surface area (Å²) in [6.45, 7) is 4.10. The number of carbonyl (C=O) groups excluding carboxylic acids is 2. The Morgan fingerprint density at radius 1 is 0.816 bits per heavy atom. The third kappa shape index (κ3) is 3.49. The molecule has 1 saturated carbocycles. The second-order valence-corrected chi connectivity index (χ2v) is 10.2. The summed E-state index contributed by atoms with van der Waals surface area (Å²) in [6, 6.07) is 20.7. The summed E-state index contributed by atoms with van der Waals surface area (Å²) in [6.07, 6.45) is 4.12. The number of methoxy groups -OCH3 is 1. The summed E-state index contributed by atoms with van der Waals surface area (Å²) >= 11 is 0. The number of hydrogen-bond donors (Lipinski definition) is 0. The molecule has 190 valence electrons. The van der Waals surface area contributed by atoms with Gasteiger partial charge in [-0.25, -0.2) is 4.90 Å². The first kappa shape index (κ1) is 23.9. The Morgan fingerprint density at radius 2 is 1.32 bits per heavy atom. The van der Waals surface area contributed by atoms with E-state index in [0.717, 1.165) is 33.4 Å². The molecule has 2 amide bonds. The maximum absolute atomic E-state index is 13.9. The Morgan fingerprint density at radius 3 is 1.76 bits per heavy atom. The number of rotatable bonds is 5. The van der Waals surface area contributed by atoms with Gasteiger partial charge in [-0.05, 0) is 42.2 Å². The Bertz CT molecular complexity index is 1470. The molecule has 38 heavy (non-hydrogen) atoms. The number of hydrogen-bond acceptors (Lipinski definition) is 5. The van der Waals surface area contributed by atoms with Crippen LogP contribution in [0, 0.1) is 47.6 Å². The van der Waals surface area contributed by atoms with Gasteiger partial charge in [0, 0.05) is 17.9 Å². The van der Waals surface area contributed by atoms with Crippen molar-refractivity contribution in [2.75, 3.05) is 12.0 Å². The summed E-state index contributed by atoms with van der Waals surface area (Å²) in [5.41, 5.74) is 6.67. The summed E-state index contributed by atoms with van der Waals surface area (Å²) in [5, 5.41) is 11.2. The number of nitro groups is 1. The van der Waals surface area contributed by atoms with Crippen molar-refractivity contribution in [1.82, 2.24) is 0 Å². The molecular formula is C31H26N2O5. The van der Waals surface area contributed by atoms with E-state index in [1.807, 2.05) is 13.8 Å². The van der Waals surface area contributed by atoms with Crippen LogP contribution in [0.5, 0.6) is 5.75 Å². The van der Waals surface area contributed by atoms with Gasteiger partial charge in [0.05, 0.1) is 35.6 Å². The van der Waals surface area contributed by atoms with Gasteiger partial charge in [-0.15, -0.1) is 0 Å². The lowest BCUT2D eigenvalue weighted by molar-refractivity contribution is -0.384. The Hall–Kier alpha value is -4.52. The highest BCUT2D eigenvalue weighted by atomic mass is 16.6. The molecule has 4 atom stereocenters. The van der Waals surface area contributed by atoms with Gasteiger partial charge >= 0.3 is 0 Å². The first-order valence-electron chi connectivity index (χ1n) is 12.6. The average molecular weight is 507 g/mol. The van der Waals surface area contributed by atoms with E-state index in [-0.39, 0.29) is 40.8 Å². The van der Waals surface area contributed by atoms with E-state index in [9.17, 15) is 19.7 Å². The largest absolute Gasteiger partial charge is 0.494 e. The van der Waals surface area contributed by atoms with E-state index >= 15 is 0 Å². The molecule has 7 nitrogen and oxygen atoms in total. The topological polar surface area (TPSA) is 89.8 Å². The predicted molar refractivity (Wildman–Crippen MR) is 144 cm³/mol. The fraction of sp³-hybridized carbons (Fsp3) is 0.226. The van der Waals surface area contributed by atoms with Gasteiger partial charge in [0.25, 0.3) is 5.69 Å². The lowest BCUT2D eigenvalue weighted by atomic mass is 9.85. The van der Waals surface area contributed by atoms with Crippen molar-refractivity contribution in [2.24, 2.45) is 23.7 Å². The first-order valence-corrected chi connectivity index (χ1v) is 12.6. The molecule has 3 aliphatic rings. The van der Waals surface area contributed by atoms with Crippen LogP contribution in [-0.2, 0) is 9.59 Å². The molecule has 1 heterocycles. The molecule has 2 fully saturated rings. The number of ether oxygens (including phenoxy) is 1. The molecular weight excluding hydrogens is 480 g/mol. The Labute approximate surface area is 220 Å². The number of aryl methyl sites for hydroxylation is 2. The maximum atomic E-state index is 13.9. The highest BCUT2D eigenvalue weighted by Gasteiger charge is 2.62. The monoisotopic (exact) mass is 506 g/mol. The smallest absolute Gasteiger partial charge is 0.273 e. The van der Waals surface area contributed by atoms with Gasteiger partial charge in [0.15, 0.2) is 0 Å². The normalized spacial score (nSPS) is 23.2. The van der Waals surface area contributed by atoms with Gasteiger partial charge in [-0.1, -0.05) is 71.8 Å². The number of anilines is 1. The van der Waals surface area contributed by atoms with Crippen LogP contribution >= 0.6 is 0 Å². The van der Waals surface area contributed by atoms with Gasteiger partial charge < -0.3 is 4.74 Å². The highest BCUT2D eigenvalue weighted by molar-refractivity contribution is 6.24. The minimum atomic E-state index is -0.534. The minimum Gasteiger partial charge on any atom is -0.494 e. The van der Waals surface area contributed by atoms with Crippen LogP contribution in [0.25, 0.3) is 5.57 Å². The molecule has 0 radical (unpaired) electrons. The van der Waals surface area contributed by atoms with Crippen LogP contribution in [0.1, 0.15) is 22.3 Å². The third-order valence-corrected chi connectivity index (χ3v) is 8.00. The van der Waals surface area contributed by atoms with Crippen LogP contribution in [0.3, 0.4) is 0 Å². The lowest BCUT2D eigenvalue weighted by Gasteiger charge is -2.22. The molecule has 0 spiro atoms. The second kappa shape index (κ2) is 8.80. The summed E-state index contributed by atoms with van der Waals surface area (Å²) in [4.78, 5) is 39.6. The number of allylic oxidation sites excluding steroid dienone is 3. The standard InChI is InChI=1S/C31H26N2O5/c1-17-4-8-19(9-5-17)26(20-10-6-18(2)7-11-20)27-22-13-14-23(27)29-28(22)30(34)32(31(29)35)24-15-12-21(33(36)37)16-25(24)38-3/h4-16,22-23,28-29H,1-3H3/t22-,23-,28-,29+/m0/s1. The molecule has 7 heteroatoms. The highest BCUT2D eigenvalue weighted by Crippen LogP contribution is 2.59. The van der Waals surface area contributed by atoms with Crippen LogP contribution in [0.15, 0.2) is 84.5 Å². The molecule has 0 unspecified atom stereocenters. The molecule has 3 aromatic carbocycles. The zero-order chi connectivity index (χ0) is 26.7. The van der Waals surface area contributed by atoms with Crippen molar-refractivity contribution < 1.29 is 19.2 Å². The molecule has 1 saturated heterocycles. The van der Waals surface area contributed by atoms with Crippen molar-refractivity contribution in [3.63, 3.8) is 0 Å². The third-order valence-electron chi connectivity index (χ3n) is 8.00. The summed E-state index contributed by atoms with van der Waals surface area (Å²) in [5.74, 6) is -1.96. The number of carbonyl (C=O) groups is 2. The average Bonchev–Trinajstić information content (AvgIpc) is 3.55. The second-order valence-electron chi connectivity index (χ2n) is 10.2. The van der Waals surface area contributed by atoms with Crippen LogP contribution in [0.2, 0.25) is 0 Å². The van der Waals surface area contributed by atoms with Crippen LogP contribution < -0.4 is 9.64 Å². The fourth-order valence-electron chi connectivity index (χ4n) is 6.24. The Kier molecular flexibility index (Phi) is 5.52. The lowest BCUT2D eigenvalue weighted by Crippen LogP contribution is -2.33. The summed E-state index contributed by atoms with van der Waals surface area (Å²) in [7, 11) is 1.37. The van der Waals surface area contributed by atoms with Crippen molar-refractivity contribution in [1.29, 1.82) is 0 Å². The number of nitrogens with zero attached hydrogens (tertiary/aromatic N) is 2. The number of fused-ring (bicyclic) bond motifs is 5. The molecule has 3 aromatic rings. The van der Waals surface area contributed by atoms with E-state index in [1.54, 1.807) is 0 Å². The van der Waals surface area contributed by atoms with Gasteiger partial charge in [-0.2, -0.15) is 0 Å². The zero-order valence-corrected chi connectivity index (χ0v) is 21.3. The quantitative estimate of drug-likeness (QED) is 0.193. The van der Waals surface area contributed by atoms with Crippen molar-refractivity contribution >= 4 is 28.8 Å². The summed E-state index contributed by atoms with van der Waals surface area (Å²) < 4.78 is 5.36. The van der Waals surface area contributed by atoms with E-state index in [2.05, 4.69) is 60.7 Å². The van der Waals surface area contributed by atoms with Crippen molar-refractivity contribution in [2.45, 2.75) is 13.8 Å². The predicted octanol–water partition coefficient (Wildman–Crippen LogP) is 5.64. The fourth-order valence-corrected chi connectivity index (χ4v) is 6.24. The molecule has 2 bridgehead atoms. The number of imide groups is 1. The molecule has 0 N–H and O–H groups in total. The zero-order valence-electron chi connectivity index (χ0n) is 21.3. The number of non-ortho nitro benzene ring substituents is 1. The number of nitro benzene ring substituents is 1. The van der Waals surface area contributed by atoms with Gasteiger partial charge in [0.1, 0.15) is 5.75 Å².